The van der Waals surface area contributed by atoms with Crippen LogP contribution >= 0.6 is 0 Å². The third-order valence-electron chi connectivity index (χ3n) is 3.72. The van der Waals surface area contributed by atoms with E-state index in [0.717, 1.165) is 32.4 Å². The van der Waals surface area contributed by atoms with Crippen LogP contribution in [0.2, 0.25) is 0 Å². The van der Waals surface area contributed by atoms with Crippen LogP contribution < -0.4 is 0 Å². The molecule has 20 heavy (non-hydrogen) atoms. The number of rotatable bonds is 9. The fourth-order valence-electron chi connectivity index (χ4n) is 2.49. The third-order valence-corrected chi connectivity index (χ3v) is 3.72. The Labute approximate surface area is 122 Å². The summed E-state index contributed by atoms with van der Waals surface area (Å²) in [5, 5.41) is 9.15. The molecule has 0 aromatic heterocycles. The first-order valence-corrected chi connectivity index (χ1v) is 7.58. The van der Waals surface area contributed by atoms with Crippen LogP contribution in [0.5, 0.6) is 0 Å². The zero-order valence-electron chi connectivity index (χ0n) is 12.9. The highest BCUT2D eigenvalue weighted by atomic mass is 16.4. The first-order chi connectivity index (χ1) is 9.56. The molecule has 0 saturated carbocycles. The van der Waals surface area contributed by atoms with Crippen LogP contribution in [0.4, 0.5) is 0 Å². The summed E-state index contributed by atoms with van der Waals surface area (Å²) in [6.45, 7) is 8.23. The van der Waals surface area contributed by atoms with E-state index in [-0.39, 0.29) is 12.5 Å². The number of carbonyl (C=O) groups is 1. The smallest absolute Gasteiger partial charge is 0.304 e. The highest BCUT2D eigenvalue weighted by Gasteiger charge is 2.20. The second-order valence-corrected chi connectivity index (χ2v) is 5.42. The third kappa shape index (κ3) is 5.74. The summed E-state index contributed by atoms with van der Waals surface area (Å²) in [5.74, 6) is -0.711. The Morgan fingerprint density at radius 3 is 2.40 bits per heavy atom. The Hall–Kier alpha value is -1.35. The highest BCUT2D eigenvalue weighted by Crippen LogP contribution is 2.14. The van der Waals surface area contributed by atoms with Gasteiger partial charge in [-0.25, -0.2) is 0 Å². The minimum atomic E-state index is -0.711. The summed E-state index contributed by atoms with van der Waals surface area (Å²) in [5.41, 5.74) is 2.46. The van der Waals surface area contributed by atoms with E-state index in [2.05, 4.69) is 49.9 Å². The molecule has 0 heterocycles. The number of aliphatic carboxylic acids is 1. The van der Waals surface area contributed by atoms with E-state index in [1.807, 2.05) is 0 Å². The van der Waals surface area contributed by atoms with E-state index in [4.69, 9.17) is 5.11 Å². The molecule has 3 heteroatoms. The van der Waals surface area contributed by atoms with E-state index in [1.54, 1.807) is 0 Å². The van der Waals surface area contributed by atoms with Gasteiger partial charge in [0.15, 0.2) is 0 Å². The van der Waals surface area contributed by atoms with Gasteiger partial charge in [0.2, 0.25) is 0 Å². The predicted octanol–water partition coefficient (Wildman–Crippen LogP) is 3.50. The van der Waals surface area contributed by atoms with Gasteiger partial charge in [-0.2, -0.15) is 0 Å². The Bertz CT molecular complexity index is 400. The second kappa shape index (κ2) is 8.75. The van der Waals surface area contributed by atoms with Gasteiger partial charge in [0.05, 0.1) is 6.42 Å². The summed E-state index contributed by atoms with van der Waals surface area (Å²) in [6, 6.07) is 8.49. The van der Waals surface area contributed by atoms with Gasteiger partial charge in [-0.1, -0.05) is 50.1 Å². The van der Waals surface area contributed by atoms with Crippen molar-refractivity contribution in [1.29, 1.82) is 0 Å². The minimum absolute atomic E-state index is 0.0896. The molecule has 0 saturated heterocycles. The van der Waals surface area contributed by atoms with E-state index >= 15 is 0 Å². The number of carboxylic acid groups (broad SMARTS) is 1. The van der Waals surface area contributed by atoms with Crippen molar-refractivity contribution >= 4 is 5.97 Å². The number of nitrogens with zero attached hydrogens (tertiary/aromatic N) is 1. The maximum Gasteiger partial charge on any atom is 0.304 e. The van der Waals surface area contributed by atoms with Crippen LogP contribution in [-0.2, 0) is 11.2 Å². The van der Waals surface area contributed by atoms with E-state index in [1.165, 1.54) is 11.1 Å². The van der Waals surface area contributed by atoms with Crippen molar-refractivity contribution in [2.75, 3.05) is 13.1 Å². The normalized spacial score (nSPS) is 12.6. The van der Waals surface area contributed by atoms with Crippen LogP contribution in [0.15, 0.2) is 24.3 Å². The minimum Gasteiger partial charge on any atom is -0.481 e. The van der Waals surface area contributed by atoms with Crippen molar-refractivity contribution in [3.05, 3.63) is 35.4 Å². The molecular weight excluding hydrogens is 250 g/mol. The number of hydrogen-bond donors (Lipinski definition) is 1. The number of hydrogen-bond acceptors (Lipinski definition) is 2. The van der Waals surface area contributed by atoms with Crippen molar-refractivity contribution in [2.24, 2.45) is 0 Å². The lowest BCUT2D eigenvalue weighted by atomic mass is 10.0. The van der Waals surface area contributed by atoms with Gasteiger partial charge in [0, 0.05) is 6.04 Å². The van der Waals surface area contributed by atoms with Gasteiger partial charge in [0.25, 0.3) is 0 Å². The van der Waals surface area contributed by atoms with Crippen LogP contribution in [0.25, 0.3) is 0 Å². The Morgan fingerprint density at radius 2 is 1.90 bits per heavy atom. The first kappa shape index (κ1) is 16.7. The molecule has 0 spiro atoms. The molecule has 0 bridgehead atoms. The first-order valence-electron chi connectivity index (χ1n) is 7.58. The average molecular weight is 277 g/mol. The zero-order valence-corrected chi connectivity index (χ0v) is 12.9. The molecule has 1 atom stereocenters. The molecule has 1 N–H and O–H groups in total. The van der Waals surface area contributed by atoms with E-state index in [0.29, 0.717) is 0 Å². The topological polar surface area (TPSA) is 40.5 Å². The monoisotopic (exact) mass is 277 g/mol. The van der Waals surface area contributed by atoms with Crippen molar-refractivity contribution < 1.29 is 9.90 Å². The van der Waals surface area contributed by atoms with E-state index in [9.17, 15) is 4.79 Å². The standard InChI is InChI=1S/C17H27NO2/c1-4-6-11-18(5-2)16(13-17(19)20)12-15-9-7-14(3)8-10-15/h7-10,16H,4-6,11-13H2,1-3H3,(H,19,20). The lowest BCUT2D eigenvalue weighted by Crippen LogP contribution is -2.39. The summed E-state index contributed by atoms with van der Waals surface area (Å²) < 4.78 is 0. The largest absolute Gasteiger partial charge is 0.481 e. The number of aryl methyl sites for hydroxylation is 1. The van der Waals surface area contributed by atoms with Crippen molar-refractivity contribution in [1.82, 2.24) is 4.90 Å². The average Bonchev–Trinajstić information content (AvgIpc) is 2.41. The summed E-state index contributed by atoms with van der Waals surface area (Å²) in [7, 11) is 0. The number of likely N-dealkylation sites (N-methyl/N-ethyl adjacent to an activating group) is 1. The van der Waals surface area contributed by atoms with Crippen molar-refractivity contribution in [3.8, 4) is 0 Å². The summed E-state index contributed by atoms with van der Waals surface area (Å²) in [6.07, 6.45) is 3.29. The number of unbranched alkanes of at least 4 members (excludes halogenated alkanes) is 1. The second-order valence-electron chi connectivity index (χ2n) is 5.42. The SMILES string of the molecule is CCCCN(CC)C(CC(=O)O)Cc1ccc(C)cc1. The highest BCUT2D eigenvalue weighted by molar-refractivity contribution is 5.67. The molecule has 1 rings (SSSR count). The van der Waals surface area contributed by atoms with Crippen LogP contribution in [0.3, 0.4) is 0 Å². The molecule has 0 fully saturated rings. The fraction of sp³-hybridized carbons (Fsp3) is 0.588. The van der Waals surface area contributed by atoms with Gasteiger partial charge >= 0.3 is 5.97 Å². The Balaban J connectivity index is 2.76. The molecule has 3 nitrogen and oxygen atoms in total. The van der Waals surface area contributed by atoms with Crippen molar-refractivity contribution in [2.45, 2.75) is 52.5 Å². The molecule has 0 aliphatic heterocycles. The fourth-order valence-corrected chi connectivity index (χ4v) is 2.49. The maximum absolute atomic E-state index is 11.1. The van der Waals surface area contributed by atoms with Crippen LogP contribution in [-0.4, -0.2) is 35.1 Å². The molecule has 1 unspecified atom stereocenters. The molecule has 0 radical (unpaired) electrons. The molecule has 112 valence electrons. The van der Waals surface area contributed by atoms with Gasteiger partial charge < -0.3 is 5.11 Å². The van der Waals surface area contributed by atoms with Gasteiger partial charge in [0.1, 0.15) is 0 Å². The molecule has 1 aromatic rings. The molecule has 0 aliphatic rings. The summed E-state index contributed by atoms with van der Waals surface area (Å²) >= 11 is 0. The molecule has 1 aromatic carbocycles. The molecule has 0 aliphatic carbocycles. The van der Waals surface area contributed by atoms with Gasteiger partial charge in [-0.05, 0) is 38.4 Å². The van der Waals surface area contributed by atoms with Crippen LogP contribution in [0, 0.1) is 6.92 Å². The Morgan fingerprint density at radius 1 is 1.25 bits per heavy atom. The molecular formula is C17H27NO2. The maximum atomic E-state index is 11.1. The van der Waals surface area contributed by atoms with Crippen LogP contribution in [0.1, 0.15) is 44.2 Å². The number of carboxylic acids is 1. The quantitative estimate of drug-likeness (QED) is 0.751. The molecule has 0 amide bonds. The van der Waals surface area contributed by atoms with Gasteiger partial charge in [-0.15, -0.1) is 0 Å². The van der Waals surface area contributed by atoms with E-state index < -0.39 is 5.97 Å². The predicted molar refractivity (Wildman–Crippen MR) is 83.1 cm³/mol. The van der Waals surface area contributed by atoms with Gasteiger partial charge in [-0.3, -0.25) is 9.69 Å². The lowest BCUT2D eigenvalue weighted by Gasteiger charge is -2.30. The number of benzene rings is 1. The lowest BCUT2D eigenvalue weighted by molar-refractivity contribution is -0.138. The zero-order chi connectivity index (χ0) is 15.0. The summed E-state index contributed by atoms with van der Waals surface area (Å²) in [4.78, 5) is 13.4. The van der Waals surface area contributed by atoms with Crippen molar-refractivity contribution in [3.63, 3.8) is 0 Å². The Kier molecular flexibility index (Phi) is 7.31.